The van der Waals surface area contributed by atoms with Crippen LogP contribution in [0.3, 0.4) is 0 Å². The molecular formula is C21H27ClO2. The van der Waals surface area contributed by atoms with Crippen molar-refractivity contribution in [2.24, 2.45) is 28.6 Å². The molecule has 4 aliphatic carbocycles. The first-order valence-electron chi connectivity index (χ1n) is 9.22. The van der Waals surface area contributed by atoms with Crippen LogP contribution in [-0.4, -0.2) is 16.5 Å². The third kappa shape index (κ3) is 1.85. The van der Waals surface area contributed by atoms with Crippen LogP contribution in [0.2, 0.25) is 0 Å². The fourth-order valence-electron chi connectivity index (χ4n) is 6.51. The maximum absolute atomic E-state index is 12.2. The van der Waals surface area contributed by atoms with Gasteiger partial charge in [-0.05, 0) is 62.4 Å². The number of allylic oxidation sites excluding steroid dienone is 6. The third-order valence-electron chi connectivity index (χ3n) is 8.04. The van der Waals surface area contributed by atoms with E-state index in [9.17, 15) is 9.90 Å². The van der Waals surface area contributed by atoms with Gasteiger partial charge in [0, 0.05) is 15.9 Å². The van der Waals surface area contributed by atoms with Crippen LogP contribution in [0.25, 0.3) is 0 Å². The number of rotatable bonds is 1. The smallest absolute Gasteiger partial charge is 0.161 e. The van der Waals surface area contributed by atoms with Crippen molar-refractivity contribution < 1.29 is 9.90 Å². The summed E-state index contributed by atoms with van der Waals surface area (Å²) in [7, 11) is 0. The highest BCUT2D eigenvalue weighted by Crippen LogP contribution is 2.67. The van der Waals surface area contributed by atoms with Crippen LogP contribution in [0, 0.1) is 28.6 Å². The van der Waals surface area contributed by atoms with Crippen molar-refractivity contribution in [3.8, 4) is 0 Å². The molecule has 0 unspecified atom stereocenters. The van der Waals surface area contributed by atoms with Gasteiger partial charge in [-0.25, -0.2) is 0 Å². The molecule has 0 aliphatic heterocycles. The van der Waals surface area contributed by atoms with E-state index < -0.39 is 5.60 Å². The SMILES string of the molecule is CC(=O)[C@@]1(O)CC[C@H]2[C@@H]3C=C(Cl)C4=CC=CC[C@]4(C)[C@H]3CC[C@@]21C. The number of Topliss-reactive ketones (excluding diaryl/α,β-unsaturated/α-hetero) is 1. The first-order valence-corrected chi connectivity index (χ1v) is 9.60. The summed E-state index contributed by atoms with van der Waals surface area (Å²) in [5, 5.41) is 12.0. The lowest BCUT2D eigenvalue weighted by molar-refractivity contribution is -0.156. The molecule has 2 nitrogen and oxygen atoms in total. The van der Waals surface area contributed by atoms with Gasteiger partial charge in [0.05, 0.1) is 0 Å². The summed E-state index contributed by atoms with van der Waals surface area (Å²) in [6, 6.07) is 0. The van der Waals surface area contributed by atoms with Crippen molar-refractivity contribution in [2.45, 2.75) is 58.5 Å². The number of halogens is 1. The minimum Gasteiger partial charge on any atom is -0.382 e. The van der Waals surface area contributed by atoms with Gasteiger partial charge in [-0.2, -0.15) is 0 Å². The number of carbonyl (C=O) groups excluding carboxylic acids is 1. The lowest BCUT2D eigenvalue weighted by Crippen LogP contribution is -2.56. The average molecular weight is 347 g/mol. The first kappa shape index (κ1) is 16.6. The molecule has 4 rings (SSSR count). The van der Waals surface area contributed by atoms with Gasteiger partial charge in [-0.3, -0.25) is 4.79 Å². The van der Waals surface area contributed by atoms with Gasteiger partial charge < -0.3 is 5.11 Å². The predicted octanol–water partition coefficient (Wildman–Crippen LogP) is 4.78. The summed E-state index contributed by atoms with van der Waals surface area (Å²) >= 11 is 6.70. The molecular weight excluding hydrogens is 320 g/mol. The number of aliphatic hydroxyl groups is 1. The number of hydrogen-bond donors (Lipinski definition) is 1. The molecule has 2 fully saturated rings. The Labute approximate surface area is 149 Å². The molecule has 24 heavy (non-hydrogen) atoms. The summed E-state index contributed by atoms with van der Waals surface area (Å²) in [5.41, 5.74) is -0.123. The quantitative estimate of drug-likeness (QED) is 0.742. The highest BCUT2D eigenvalue weighted by molar-refractivity contribution is 6.32. The topological polar surface area (TPSA) is 37.3 Å². The second kappa shape index (κ2) is 5.08. The van der Waals surface area contributed by atoms with Gasteiger partial charge in [0.1, 0.15) is 5.60 Å². The monoisotopic (exact) mass is 346 g/mol. The van der Waals surface area contributed by atoms with Crippen molar-refractivity contribution in [1.29, 1.82) is 0 Å². The summed E-state index contributed by atoms with van der Waals surface area (Å²) in [4.78, 5) is 12.2. The Morgan fingerprint density at radius 1 is 1.25 bits per heavy atom. The Kier molecular flexibility index (Phi) is 3.51. The first-order chi connectivity index (χ1) is 11.2. The second-order valence-corrected chi connectivity index (χ2v) is 9.25. The minimum atomic E-state index is -1.16. The second-order valence-electron chi connectivity index (χ2n) is 8.85. The highest BCUT2D eigenvalue weighted by atomic mass is 35.5. The minimum absolute atomic E-state index is 0.0655. The molecule has 0 aromatic carbocycles. The van der Waals surface area contributed by atoms with E-state index in [0.29, 0.717) is 24.2 Å². The van der Waals surface area contributed by atoms with Gasteiger partial charge >= 0.3 is 0 Å². The largest absolute Gasteiger partial charge is 0.382 e. The number of hydrogen-bond acceptors (Lipinski definition) is 2. The number of ketones is 1. The number of carbonyl (C=O) groups is 1. The van der Waals surface area contributed by atoms with Crippen molar-refractivity contribution in [1.82, 2.24) is 0 Å². The lowest BCUT2D eigenvalue weighted by atomic mass is 9.48. The Morgan fingerprint density at radius 2 is 1.96 bits per heavy atom. The van der Waals surface area contributed by atoms with Crippen LogP contribution < -0.4 is 0 Å². The van der Waals surface area contributed by atoms with E-state index in [4.69, 9.17) is 11.6 Å². The molecule has 0 aromatic heterocycles. The van der Waals surface area contributed by atoms with E-state index in [1.165, 1.54) is 5.57 Å². The van der Waals surface area contributed by atoms with E-state index in [1.807, 2.05) is 0 Å². The molecule has 130 valence electrons. The average Bonchev–Trinajstić information content (AvgIpc) is 2.81. The van der Waals surface area contributed by atoms with Gasteiger partial charge in [0.15, 0.2) is 5.78 Å². The van der Waals surface area contributed by atoms with Crippen LogP contribution in [-0.2, 0) is 4.79 Å². The summed E-state index contributed by atoms with van der Waals surface area (Å²) in [5.74, 6) is 1.18. The summed E-state index contributed by atoms with van der Waals surface area (Å²) in [6.07, 6.45) is 13.3. The molecule has 2 saturated carbocycles. The normalized spacial score (nSPS) is 49.6. The maximum atomic E-state index is 12.2. The lowest BCUT2D eigenvalue weighted by Gasteiger charge is -2.57. The van der Waals surface area contributed by atoms with Crippen molar-refractivity contribution in [3.05, 3.63) is 34.9 Å². The van der Waals surface area contributed by atoms with Gasteiger partial charge in [-0.1, -0.05) is 49.8 Å². The van der Waals surface area contributed by atoms with Crippen LogP contribution >= 0.6 is 11.6 Å². The van der Waals surface area contributed by atoms with E-state index in [-0.39, 0.29) is 16.6 Å². The van der Waals surface area contributed by atoms with Gasteiger partial charge in [0.2, 0.25) is 0 Å². The molecule has 0 spiro atoms. The molecule has 1 N–H and O–H groups in total. The van der Waals surface area contributed by atoms with Crippen LogP contribution in [0.5, 0.6) is 0 Å². The fraction of sp³-hybridized carbons (Fsp3) is 0.667. The molecule has 4 aliphatic rings. The van der Waals surface area contributed by atoms with Crippen LogP contribution in [0.15, 0.2) is 34.9 Å². The number of fused-ring (bicyclic) bond motifs is 5. The Hall–Kier alpha value is -0.860. The highest BCUT2D eigenvalue weighted by Gasteiger charge is 2.65. The zero-order valence-electron chi connectivity index (χ0n) is 14.8. The van der Waals surface area contributed by atoms with E-state index in [1.54, 1.807) is 6.92 Å². The molecule has 0 bridgehead atoms. The van der Waals surface area contributed by atoms with Crippen molar-refractivity contribution >= 4 is 17.4 Å². The zero-order valence-corrected chi connectivity index (χ0v) is 15.6. The van der Waals surface area contributed by atoms with E-state index in [2.05, 4.69) is 38.2 Å². The Balaban J connectivity index is 1.79. The Bertz CT molecular complexity index is 690. The fourth-order valence-corrected chi connectivity index (χ4v) is 6.93. The zero-order chi connectivity index (χ0) is 17.3. The maximum Gasteiger partial charge on any atom is 0.161 e. The van der Waals surface area contributed by atoms with Gasteiger partial charge in [-0.15, -0.1) is 0 Å². The van der Waals surface area contributed by atoms with Crippen molar-refractivity contribution in [3.63, 3.8) is 0 Å². The Morgan fingerprint density at radius 3 is 2.67 bits per heavy atom. The third-order valence-corrected chi connectivity index (χ3v) is 8.37. The van der Waals surface area contributed by atoms with Crippen LogP contribution in [0.4, 0.5) is 0 Å². The molecule has 3 heteroatoms. The van der Waals surface area contributed by atoms with Crippen molar-refractivity contribution in [2.75, 3.05) is 0 Å². The molecule has 6 atom stereocenters. The predicted molar refractivity (Wildman–Crippen MR) is 96.6 cm³/mol. The molecule has 0 aromatic rings. The van der Waals surface area contributed by atoms with Crippen LogP contribution in [0.1, 0.15) is 52.9 Å². The van der Waals surface area contributed by atoms with Gasteiger partial charge in [0.25, 0.3) is 0 Å². The summed E-state index contributed by atoms with van der Waals surface area (Å²) in [6.45, 7) is 6.04. The van der Waals surface area contributed by atoms with E-state index >= 15 is 0 Å². The summed E-state index contributed by atoms with van der Waals surface area (Å²) < 4.78 is 0. The standard InChI is InChI=1S/C21H27ClO2/c1-13(23)21(24)11-8-16-14-12-18(22)17-6-4-5-9-19(17,2)15(14)7-10-20(16,21)3/h4-6,12,14-16,24H,7-11H2,1-3H3/t14-,15+,16+,19-,20+,21+/m1/s1. The molecule has 0 heterocycles. The molecule has 0 amide bonds. The molecule has 0 saturated heterocycles. The molecule has 0 radical (unpaired) electrons. The van der Waals surface area contributed by atoms with E-state index in [0.717, 1.165) is 30.7 Å².